The van der Waals surface area contributed by atoms with E-state index in [1.807, 2.05) is 12.3 Å². The molecule has 64 valence electrons. The van der Waals surface area contributed by atoms with Crippen molar-refractivity contribution in [1.29, 1.82) is 10.5 Å². The average molecular weight is 190 g/mol. The zero-order valence-corrected chi connectivity index (χ0v) is 7.72. The molecule has 0 aromatic carbocycles. The van der Waals surface area contributed by atoms with E-state index in [1.54, 1.807) is 12.1 Å². The molecule has 0 saturated carbocycles. The summed E-state index contributed by atoms with van der Waals surface area (Å²) in [4.78, 5) is 4.10. The van der Waals surface area contributed by atoms with Gasteiger partial charge in [0.05, 0.1) is 5.69 Å². The number of hydrogen-bond acceptors (Lipinski definition) is 5. The highest BCUT2D eigenvalue weighted by Crippen LogP contribution is 2.14. The molecule has 0 spiro atoms. The second-order valence-electron chi connectivity index (χ2n) is 2.22. The minimum Gasteiger partial charge on any atom is -0.336 e. The van der Waals surface area contributed by atoms with Crippen LogP contribution in [0.2, 0.25) is 0 Å². The number of aromatic nitrogens is 1. The molecule has 0 aliphatic rings. The standard InChI is InChI=1S/C8H6N4S/c1-6-5-13-8(12-6)11-4-7(2-9)3-10/h4-5H,1H3,(H,11,12). The minimum absolute atomic E-state index is 0.0350. The number of nitriles is 2. The van der Waals surface area contributed by atoms with Crippen molar-refractivity contribution in [3.05, 3.63) is 22.8 Å². The molecule has 0 aliphatic carbocycles. The Morgan fingerprint density at radius 2 is 2.31 bits per heavy atom. The third kappa shape index (κ3) is 2.58. The molecule has 0 radical (unpaired) electrons. The Morgan fingerprint density at radius 1 is 1.62 bits per heavy atom. The Hall–Kier alpha value is -1.85. The van der Waals surface area contributed by atoms with E-state index >= 15 is 0 Å². The summed E-state index contributed by atoms with van der Waals surface area (Å²) in [5.41, 5.74) is 0.948. The van der Waals surface area contributed by atoms with Gasteiger partial charge >= 0.3 is 0 Å². The van der Waals surface area contributed by atoms with Crippen molar-refractivity contribution >= 4 is 16.5 Å². The number of rotatable bonds is 2. The second-order valence-corrected chi connectivity index (χ2v) is 3.08. The van der Waals surface area contributed by atoms with Gasteiger partial charge in [-0.25, -0.2) is 4.98 Å². The van der Waals surface area contributed by atoms with Crippen LogP contribution in [0.4, 0.5) is 5.13 Å². The van der Waals surface area contributed by atoms with Gasteiger partial charge in [0, 0.05) is 11.6 Å². The predicted molar refractivity (Wildman–Crippen MR) is 49.8 cm³/mol. The highest BCUT2D eigenvalue weighted by atomic mass is 32.1. The van der Waals surface area contributed by atoms with Gasteiger partial charge in [-0.1, -0.05) is 0 Å². The molecule has 0 aliphatic heterocycles. The molecule has 1 rings (SSSR count). The van der Waals surface area contributed by atoms with Crippen molar-refractivity contribution in [2.75, 3.05) is 5.32 Å². The van der Waals surface area contributed by atoms with E-state index in [4.69, 9.17) is 10.5 Å². The lowest BCUT2D eigenvalue weighted by molar-refractivity contribution is 1.26. The zero-order chi connectivity index (χ0) is 9.68. The van der Waals surface area contributed by atoms with Gasteiger partial charge in [0.15, 0.2) is 5.13 Å². The molecule has 0 unspecified atom stereocenters. The molecule has 1 N–H and O–H groups in total. The lowest BCUT2D eigenvalue weighted by Crippen LogP contribution is -1.88. The minimum atomic E-state index is 0.0350. The van der Waals surface area contributed by atoms with E-state index in [9.17, 15) is 0 Å². The molecule has 1 heterocycles. The highest BCUT2D eigenvalue weighted by Gasteiger charge is 1.95. The topological polar surface area (TPSA) is 72.5 Å². The monoisotopic (exact) mass is 190 g/mol. The third-order valence-corrected chi connectivity index (χ3v) is 2.09. The Balaban J connectivity index is 2.68. The number of hydrogen-bond donors (Lipinski definition) is 1. The lowest BCUT2D eigenvalue weighted by Gasteiger charge is -1.90. The van der Waals surface area contributed by atoms with Crippen LogP contribution in [0, 0.1) is 29.6 Å². The molecule has 0 bridgehead atoms. The van der Waals surface area contributed by atoms with E-state index in [1.165, 1.54) is 17.5 Å². The summed E-state index contributed by atoms with van der Waals surface area (Å²) in [5.74, 6) is 0. The Kier molecular flexibility index (Phi) is 3.02. The molecular formula is C8H6N4S. The quantitative estimate of drug-likeness (QED) is 0.721. The van der Waals surface area contributed by atoms with Crippen molar-refractivity contribution in [2.45, 2.75) is 6.92 Å². The summed E-state index contributed by atoms with van der Waals surface area (Å²) in [6.07, 6.45) is 1.35. The number of nitrogens with zero attached hydrogens (tertiary/aromatic N) is 3. The van der Waals surface area contributed by atoms with Gasteiger partial charge in [-0.3, -0.25) is 0 Å². The fourth-order valence-electron chi connectivity index (χ4n) is 0.644. The molecule has 1 aromatic heterocycles. The van der Waals surface area contributed by atoms with Crippen molar-refractivity contribution in [3.63, 3.8) is 0 Å². The number of nitrogens with one attached hydrogen (secondary N) is 1. The van der Waals surface area contributed by atoms with Crippen molar-refractivity contribution in [2.24, 2.45) is 0 Å². The maximum absolute atomic E-state index is 8.41. The fraction of sp³-hybridized carbons (Fsp3) is 0.125. The summed E-state index contributed by atoms with van der Waals surface area (Å²) < 4.78 is 0. The number of allylic oxidation sites excluding steroid dienone is 1. The normalized spacial score (nSPS) is 8.23. The SMILES string of the molecule is Cc1csc(NC=C(C#N)C#N)n1. The first kappa shape index (κ1) is 9.24. The van der Waals surface area contributed by atoms with E-state index in [0.717, 1.165) is 5.69 Å². The largest absolute Gasteiger partial charge is 0.336 e. The maximum atomic E-state index is 8.41. The van der Waals surface area contributed by atoms with Gasteiger partial charge in [0.25, 0.3) is 0 Å². The van der Waals surface area contributed by atoms with Crippen LogP contribution in [-0.2, 0) is 0 Å². The third-order valence-electron chi connectivity index (χ3n) is 1.20. The van der Waals surface area contributed by atoms with Gasteiger partial charge in [-0.2, -0.15) is 10.5 Å². The van der Waals surface area contributed by atoms with Crippen LogP contribution >= 0.6 is 11.3 Å². The molecule has 0 amide bonds. The van der Waals surface area contributed by atoms with Gasteiger partial charge in [0.1, 0.15) is 17.7 Å². The van der Waals surface area contributed by atoms with Gasteiger partial charge in [0.2, 0.25) is 0 Å². The zero-order valence-electron chi connectivity index (χ0n) is 6.90. The summed E-state index contributed by atoms with van der Waals surface area (Å²) in [7, 11) is 0. The summed E-state index contributed by atoms with van der Waals surface area (Å²) >= 11 is 1.43. The van der Waals surface area contributed by atoms with Crippen LogP contribution in [0.5, 0.6) is 0 Å². The Labute approximate surface area is 79.8 Å². The molecule has 0 saturated heterocycles. The summed E-state index contributed by atoms with van der Waals surface area (Å²) in [6.45, 7) is 1.88. The highest BCUT2D eigenvalue weighted by molar-refractivity contribution is 7.13. The van der Waals surface area contributed by atoms with Crippen LogP contribution in [0.1, 0.15) is 5.69 Å². The van der Waals surface area contributed by atoms with Crippen molar-refractivity contribution in [3.8, 4) is 12.1 Å². The van der Waals surface area contributed by atoms with Crippen molar-refractivity contribution in [1.82, 2.24) is 4.98 Å². The van der Waals surface area contributed by atoms with Crippen LogP contribution in [0.25, 0.3) is 0 Å². The Morgan fingerprint density at radius 3 is 2.77 bits per heavy atom. The first-order valence-corrected chi connectivity index (χ1v) is 4.33. The molecule has 1 aromatic rings. The average Bonchev–Trinajstić information content (AvgIpc) is 2.53. The van der Waals surface area contributed by atoms with E-state index < -0.39 is 0 Å². The van der Waals surface area contributed by atoms with Crippen LogP contribution < -0.4 is 5.32 Å². The summed E-state index contributed by atoms with van der Waals surface area (Å²) in [6, 6.07) is 3.49. The number of aryl methyl sites for hydroxylation is 1. The first-order chi connectivity index (χ1) is 6.26. The fourth-order valence-corrected chi connectivity index (χ4v) is 1.30. The van der Waals surface area contributed by atoms with Gasteiger partial charge < -0.3 is 5.32 Å². The molecule has 0 atom stereocenters. The van der Waals surface area contributed by atoms with Gasteiger partial charge in [-0.15, -0.1) is 11.3 Å². The van der Waals surface area contributed by atoms with E-state index in [-0.39, 0.29) is 5.57 Å². The molecule has 4 nitrogen and oxygen atoms in total. The van der Waals surface area contributed by atoms with Crippen LogP contribution in [0.15, 0.2) is 17.2 Å². The maximum Gasteiger partial charge on any atom is 0.186 e. The first-order valence-electron chi connectivity index (χ1n) is 3.45. The smallest absolute Gasteiger partial charge is 0.186 e. The van der Waals surface area contributed by atoms with Crippen molar-refractivity contribution < 1.29 is 0 Å². The second kappa shape index (κ2) is 4.24. The van der Waals surface area contributed by atoms with E-state index in [0.29, 0.717) is 5.13 Å². The Bertz CT molecular complexity index is 389. The number of anilines is 1. The lowest BCUT2D eigenvalue weighted by atomic mass is 10.4. The van der Waals surface area contributed by atoms with Crippen LogP contribution in [-0.4, -0.2) is 4.98 Å². The molecular weight excluding hydrogens is 184 g/mol. The predicted octanol–water partition coefficient (Wildman–Crippen LogP) is 1.79. The summed E-state index contributed by atoms with van der Waals surface area (Å²) in [5, 5.41) is 22.2. The van der Waals surface area contributed by atoms with Gasteiger partial charge in [-0.05, 0) is 6.92 Å². The molecule has 0 fully saturated rings. The molecule has 5 heteroatoms. The molecule has 13 heavy (non-hydrogen) atoms. The number of thiazole rings is 1. The van der Waals surface area contributed by atoms with Crippen LogP contribution in [0.3, 0.4) is 0 Å². The van der Waals surface area contributed by atoms with E-state index in [2.05, 4.69) is 10.3 Å².